The number of hydrogen-bond acceptors (Lipinski definition) is 3. The van der Waals surface area contributed by atoms with E-state index in [0.717, 1.165) is 38.9 Å². The summed E-state index contributed by atoms with van der Waals surface area (Å²) in [5.74, 6) is 0.442. The van der Waals surface area contributed by atoms with Gasteiger partial charge in [-0.3, -0.25) is 9.78 Å². The van der Waals surface area contributed by atoms with Crippen LogP contribution >= 0.6 is 0 Å². The average molecular weight is 247 g/mol. The minimum atomic E-state index is 0.168. The molecule has 1 unspecified atom stereocenters. The number of rotatable bonds is 4. The fourth-order valence-electron chi connectivity index (χ4n) is 2.33. The Hall–Kier alpha value is -1.42. The molecule has 1 N–H and O–H groups in total. The van der Waals surface area contributed by atoms with Crippen LogP contribution in [0.5, 0.6) is 0 Å². The van der Waals surface area contributed by atoms with Gasteiger partial charge in [-0.05, 0) is 43.5 Å². The molecule has 1 aromatic heterocycles. The second-order valence-electron chi connectivity index (χ2n) is 4.91. The Balaban J connectivity index is 1.80. The third kappa shape index (κ3) is 3.53. The van der Waals surface area contributed by atoms with E-state index in [0.29, 0.717) is 0 Å². The summed E-state index contributed by atoms with van der Waals surface area (Å²) in [5.41, 5.74) is 1.23. The van der Waals surface area contributed by atoms with E-state index in [2.05, 4.69) is 10.3 Å². The molecule has 1 aromatic rings. The third-order valence-corrected chi connectivity index (χ3v) is 3.51. The van der Waals surface area contributed by atoms with Gasteiger partial charge in [0.25, 0.3) is 0 Å². The van der Waals surface area contributed by atoms with Crippen molar-refractivity contribution in [2.45, 2.75) is 19.3 Å². The molecular weight excluding hydrogens is 226 g/mol. The Morgan fingerprint density at radius 3 is 2.94 bits per heavy atom. The summed E-state index contributed by atoms with van der Waals surface area (Å²) < 4.78 is 0. The second kappa shape index (κ2) is 6.50. The van der Waals surface area contributed by atoms with Gasteiger partial charge in [0, 0.05) is 32.5 Å². The highest BCUT2D eigenvalue weighted by atomic mass is 16.2. The number of aromatic nitrogens is 1. The molecule has 1 fully saturated rings. The average Bonchev–Trinajstić information content (AvgIpc) is 2.46. The highest BCUT2D eigenvalue weighted by Crippen LogP contribution is 2.13. The van der Waals surface area contributed by atoms with Gasteiger partial charge in [0.05, 0.1) is 5.92 Å². The summed E-state index contributed by atoms with van der Waals surface area (Å²) >= 11 is 0. The number of nitrogens with one attached hydrogen (secondary N) is 1. The molecule has 1 amide bonds. The molecule has 4 nitrogen and oxygen atoms in total. The zero-order valence-electron chi connectivity index (χ0n) is 10.9. The van der Waals surface area contributed by atoms with E-state index in [-0.39, 0.29) is 11.8 Å². The Morgan fingerprint density at radius 1 is 1.50 bits per heavy atom. The van der Waals surface area contributed by atoms with Gasteiger partial charge in [0.15, 0.2) is 0 Å². The lowest BCUT2D eigenvalue weighted by Gasteiger charge is -2.27. The van der Waals surface area contributed by atoms with Crippen molar-refractivity contribution in [2.75, 3.05) is 26.7 Å². The van der Waals surface area contributed by atoms with Crippen molar-refractivity contribution in [3.05, 3.63) is 30.1 Å². The van der Waals surface area contributed by atoms with Crippen LogP contribution in [0.25, 0.3) is 0 Å². The normalized spacial score (nSPS) is 19.5. The molecule has 0 saturated carbocycles. The largest absolute Gasteiger partial charge is 0.345 e. The van der Waals surface area contributed by atoms with E-state index in [1.165, 1.54) is 5.56 Å². The van der Waals surface area contributed by atoms with E-state index in [1.54, 1.807) is 12.4 Å². The van der Waals surface area contributed by atoms with E-state index >= 15 is 0 Å². The number of likely N-dealkylation sites (N-methyl/N-ethyl adjacent to an activating group) is 1. The summed E-state index contributed by atoms with van der Waals surface area (Å²) in [4.78, 5) is 18.0. The maximum Gasteiger partial charge on any atom is 0.226 e. The highest BCUT2D eigenvalue weighted by Gasteiger charge is 2.23. The zero-order chi connectivity index (χ0) is 12.8. The van der Waals surface area contributed by atoms with Gasteiger partial charge in [0.2, 0.25) is 5.91 Å². The lowest BCUT2D eigenvalue weighted by atomic mass is 9.98. The quantitative estimate of drug-likeness (QED) is 0.866. The fraction of sp³-hybridized carbons (Fsp3) is 0.571. The smallest absolute Gasteiger partial charge is 0.226 e. The van der Waals surface area contributed by atoms with Crippen molar-refractivity contribution in [2.24, 2.45) is 5.92 Å². The van der Waals surface area contributed by atoms with Gasteiger partial charge < -0.3 is 10.2 Å². The molecule has 4 heteroatoms. The van der Waals surface area contributed by atoms with Crippen LogP contribution in [0.2, 0.25) is 0 Å². The van der Waals surface area contributed by atoms with Crippen LogP contribution < -0.4 is 5.32 Å². The van der Waals surface area contributed by atoms with Crippen LogP contribution in [0.3, 0.4) is 0 Å². The van der Waals surface area contributed by atoms with Crippen molar-refractivity contribution in [3.8, 4) is 0 Å². The lowest BCUT2D eigenvalue weighted by molar-refractivity contribution is -0.134. The Kier molecular flexibility index (Phi) is 4.70. The van der Waals surface area contributed by atoms with Crippen molar-refractivity contribution < 1.29 is 4.79 Å². The molecule has 0 bridgehead atoms. The Labute approximate surface area is 108 Å². The number of piperidine rings is 1. The first-order valence-corrected chi connectivity index (χ1v) is 6.62. The van der Waals surface area contributed by atoms with Gasteiger partial charge in [-0.15, -0.1) is 0 Å². The molecule has 18 heavy (non-hydrogen) atoms. The minimum Gasteiger partial charge on any atom is -0.345 e. The summed E-state index contributed by atoms with van der Waals surface area (Å²) in [6.45, 7) is 2.66. The number of pyridine rings is 1. The first-order chi connectivity index (χ1) is 8.77. The molecule has 1 aliphatic rings. The van der Waals surface area contributed by atoms with Gasteiger partial charge in [-0.1, -0.05) is 0 Å². The number of nitrogens with zero attached hydrogens (tertiary/aromatic N) is 2. The van der Waals surface area contributed by atoms with Crippen LogP contribution in [-0.4, -0.2) is 42.5 Å². The maximum atomic E-state index is 12.2. The SMILES string of the molecule is CN(CCc1ccncc1)C(=O)C1CCCNC1. The number of carbonyl (C=O) groups is 1. The third-order valence-electron chi connectivity index (χ3n) is 3.51. The molecule has 0 radical (unpaired) electrons. The predicted molar refractivity (Wildman–Crippen MR) is 71.2 cm³/mol. The van der Waals surface area contributed by atoms with E-state index < -0.39 is 0 Å². The minimum absolute atomic E-state index is 0.168. The van der Waals surface area contributed by atoms with Crippen LogP contribution in [0, 0.1) is 5.92 Å². The molecule has 1 aliphatic heterocycles. The molecular formula is C14H21N3O. The van der Waals surface area contributed by atoms with Gasteiger partial charge in [-0.25, -0.2) is 0 Å². The molecule has 2 heterocycles. The van der Waals surface area contributed by atoms with Gasteiger partial charge in [0.1, 0.15) is 0 Å². The Morgan fingerprint density at radius 2 is 2.28 bits per heavy atom. The van der Waals surface area contributed by atoms with Crippen molar-refractivity contribution in [1.82, 2.24) is 15.2 Å². The molecule has 0 aromatic carbocycles. The summed E-state index contributed by atoms with van der Waals surface area (Å²) in [6.07, 6.45) is 6.61. The summed E-state index contributed by atoms with van der Waals surface area (Å²) in [5, 5.41) is 3.29. The first kappa shape index (κ1) is 13.0. The van der Waals surface area contributed by atoms with E-state index in [4.69, 9.17) is 0 Å². The fourth-order valence-corrected chi connectivity index (χ4v) is 2.33. The topological polar surface area (TPSA) is 45.2 Å². The second-order valence-corrected chi connectivity index (χ2v) is 4.91. The standard InChI is InChI=1S/C14H21N3O/c1-17(10-6-12-4-8-15-9-5-12)14(18)13-3-2-7-16-11-13/h4-5,8-9,13,16H,2-3,6-7,10-11H2,1H3. The predicted octanol–water partition coefficient (Wildman–Crippen LogP) is 1.08. The lowest BCUT2D eigenvalue weighted by Crippen LogP contribution is -2.42. The molecule has 98 valence electrons. The van der Waals surface area contributed by atoms with Gasteiger partial charge in [-0.2, -0.15) is 0 Å². The van der Waals surface area contributed by atoms with E-state index in [9.17, 15) is 4.79 Å². The molecule has 2 rings (SSSR count). The van der Waals surface area contributed by atoms with Crippen LogP contribution in [0.15, 0.2) is 24.5 Å². The van der Waals surface area contributed by atoms with Crippen molar-refractivity contribution in [3.63, 3.8) is 0 Å². The van der Waals surface area contributed by atoms with Crippen molar-refractivity contribution in [1.29, 1.82) is 0 Å². The zero-order valence-corrected chi connectivity index (χ0v) is 10.9. The number of amides is 1. The number of carbonyl (C=O) groups excluding carboxylic acids is 1. The number of hydrogen-bond donors (Lipinski definition) is 1. The highest BCUT2D eigenvalue weighted by molar-refractivity contribution is 5.78. The van der Waals surface area contributed by atoms with E-state index in [1.807, 2.05) is 24.1 Å². The van der Waals surface area contributed by atoms with Crippen LogP contribution in [-0.2, 0) is 11.2 Å². The molecule has 0 aliphatic carbocycles. The van der Waals surface area contributed by atoms with Crippen LogP contribution in [0.1, 0.15) is 18.4 Å². The molecule has 0 spiro atoms. The maximum absolute atomic E-state index is 12.2. The first-order valence-electron chi connectivity index (χ1n) is 6.62. The van der Waals surface area contributed by atoms with Crippen LogP contribution in [0.4, 0.5) is 0 Å². The Bertz CT molecular complexity index is 374. The summed E-state index contributed by atoms with van der Waals surface area (Å²) in [7, 11) is 1.90. The summed E-state index contributed by atoms with van der Waals surface area (Å²) in [6, 6.07) is 4.00. The van der Waals surface area contributed by atoms with Gasteiger partial charge >= 0.3 is 0 Å². The molecule has 1 atom stereocenters. The monoisotopic (exact) mass is 247 g/mol. The molecule has 1 saturated heterocycles. The van der Waals surface area contributed by atoms with Crippen molar-refractivity contribution >= 4 is 5.91 Å².